The van der Waals surface area contributed by atoms with E-state index in [4.69, 9.17) is 0 Å². The summed E-state index contributed by atoms with van der Waals surface area (Å²) in [5, 5.41) is 0. The molecular formula is C12H22. The molecule has 0 aromatic rings. The monoisotopic (exact) mass is 166 g/mol. The molecule has 5 atom stereocenters. The Hall–Kier alpha value is 0. The summed E-state index contributed by atoms with van der Waals surface area (Å²) in [5.41, 5.74) is 0. The second-order valence-corrected chi connectivity index (χ2v) is 5.15. The van der Waals surface area contributed by atoms with Gasteiger partial charge in [-0.15, -0.1) is 0 Å². The maximum atomic E-state index is 2.46. The fraction of sp³-hybridized carbons (Fsp3) is 1.00. The Bertz CT molecular complexity index is 157. The van der Waals surface area contributed by atoms with E-state index in [1.54, 1.807) is 6.42 Å². The van der Waals surface area contributed by atoms with E-state index in [9.17, 15) is 0 Å². The van der Waals surface area contributed by atoms with Gasteiger partial charge in [-0.25, -0.2) is 0 Å². The van der Waals surface area contributed by atoms with Gasteiger partial charge in [0, 0.05) is 0 Å². The number of hydrogen-bond acceptors (Lipinski definition) is 0. The Morgan fingerprint density at radius 3 is 2.17 bits per heavy atom. The minimum Gasteiger partial charge on any atom is -0.0651 e. The Labute approximate surface area is 76.7 Å². The van der Waals surface area contributed by atoms with Crippen LogP contribution in [0.4, 0.5) is 0 Å². The van der Waals surface area contributed by atoms with Crippen molar-refractivity contribution in [2.75, 3.05) is 0 Å². The van der Waals surface area contributed by atoms with Crippen LogP contribution in [0.2, 0.25) is 0 Å². The van der Waals surface area contributed by atoms with Crippen LogP contribution < -0.4 is 0 Å². The van der Waals surface area contributed by atoms with Crippen molar-refractivity contribution in [2.45, 2.75) is 46.5 Å². The minimum atomic E-state index is 1.02. The first kappa shape index (κ1) is 8.59. The molecular weight excluding hydrogens is 144 g/mol. The first-order valence-electron chi connectivity index (χ1n) is 5.74. The lowest BCUT2D eigenvalue weighted by atomic mass is 9.53. The Kier molecular flexibility index (Phi) is 2.18. The molecule has 0 N–H and O–H groups in total. The lowest BCUT2D eigenvalue weighted by Crippen LogP contribution is -2.44. The molecule has 0 bridgehead atoms. The van der Waals surface area contributed by atoms with Crippen molar-refractivity contribution in [2.24, 2.45) is 29.6 Å². The largest absolute Gasteiger partial charge is 0.0651 e. The predicted octanol–water partition coefficient (Wildman–Crippen LogP) is 3.71. The average Bonchev–Trinajstić information content (AvgIpc) is 2.02. The highest BCUT2D eigenvalue weighted by molar-refractivity contribution is 4.94. The van der Waals surface area contributed by atoms with Gasteiger partial charge in [-0.1, -0.05) is 27.2 Å². The highest BCUT2D eigenvalue weighted by Crippen LogP contribution is 2.53. The summed E-state index contributed by atoms with van der Waals surface area (Å²) in [7, 11) is 0. The molecule has 2 rings (SSSR count). The van der Waals surface area contributed by atoms with Crippen LogP contribution in [0.3, 0.4) is 0 Å². The molecule has 0 aliphatic heterocycles. The topological polar surface area (TPSA) is 0 Å². The van der Waals surface area contributed by atoms with Crippen molar-refractivity contribution in [1.82, 2.24) is 0 Å². The van der Waals surface area contributed by atoms with Crippen molar-refractivity contribution in [3.63, 3.8) is 0 Å². The molecule has 0 radical (unpaired) electrons. The number of hydrogen-bond donors (Lipinski definition) is 0. The van der Waals surface area contributed by atoms with Gasteiger partial charge in [-0.05, 0) is 48.9 Å². The van der Waals surface area contributed by atoms with Crippen molar-refractivity contribution in [3.05, 3.63) is 0 Å². The van der Waals surface area contributed by atoms with Crippen molar-refractivity contribution >= 4 is 0 Å². The predicted molar refractivity (Wildman–Crippen MR) is 52.9 cm³/mol. The molecule has 0 amide bonds. The second-order valence-electron chi connectivity index (χ2n) is 5.15. The molecule has 0 heteroatoms. The Morgan fingerprint density at radius 2 is 1.83 bits per heavy atom. The maximum Gasteiger partial charge on any atom is -0.0352 e. The molecule has 2 aliphatic rings. The minimum absolute atomic E-state index is 1.02. The quantitative estimate of drug-likeness (QED) is 0.586. The van der Waals surface area contributed by atoms with Gasteiger partial charge >= 0.3 is 0 Å². The molecule has 70 valence electrons. The fourth-order valence-electron chi connectivity index (χ4n) is 3.31. The van der Waals surface area contributed by atoms with Crippen LogP contribution in [-0.4, -0.2) is 0 Å². The van der Waals surface area contributed by atoms with Gasteiger partial charge in [0.15, 0.2) is 0 Å². The van der Waals surface area contributed by atoms with Gasteiger partial charge < -0.3 is 0 Å². The van der Waals surface area contributed by atoms with Crippen molar-refractivity contribution < 1.29 is 0 Å². The first-order chi connectivity index (χ1) is 5.74. The summed E-state index contributed by atoms with van der Waals surface area (Å²) in [4.78, 5) is 0. The van der Waals surface area contributed by atoms with Gasteiger partial charge in [0.25, 0.3) is 0 Å². The summed E-state index contributed by atoms with van der Waals surface area (Å²) in [6.07, 6.45) is 6.03. The zero-order valence-corrected chi connectivity index (χ0v) is 8.72. The molecule has 2 fully saturated rings. The van der Waals surface area contributed by atoms with Gasteiger partial charge in [-0.2, -0.15) is 0 Å². The Balaban J connectivity index is 1.86. The van der Waals surface area contributed by atoms with E-state index in [0.717, 1.165) is 29.6 Å². The summed E-state index contributed by atoms with van der Waals surface area (Å²) >= 11 is 0. The van der Waals surface area contributed by atoms with Crippen molar-refractivity contribution in [1.29, 1.82) is 0 Å². The summed E-state index contributed by atoms with van der Waals surface area (Å²) in [5.74, 6) is 5.39. The summed E-state index contributed by atoms with van der Waals surface area (Å²) in [6, 6.07) is 0. The zero-order valence-electron chi connectivity index (χ0n) is 8.72. The van der Waals surface area contributed by atoms with Crippen LogP contribution >= 0.6 is 0 Å². The van der Waals surface area contributed by atoms with E-state index in [0.29, 0.717) is 0 Å². The second kappa shape index (κ2) is 3.05. The number of rotatable bonds is 2. The van der Waals surface area contributed by atoms with Crippen LogP contribution in [0.1, 0.15) is 46.5 Å². The highest BCUT2D eigenvalue weighted by Gasteiger charge is 2.45. The van der Waals surface area contributed by atoms with Gasteiger partial charge in [0.1, 0.15) is 0 Å². The van der Waals surface area contributed by atoms with Gasteiger partial charge in [0.05, 0.1) is 0 Å². The molecule has 5 unspecified atom stereocenters. The normalized spacial score (nSPS) is 52.8. The molecule has 0 aromatic carbocycles. The third-order valence-electron chi connectivity index (χ3n) is 4.77. The fourth-order valence-corrected chi connectivity index (χ4v) is 3.31. The lowest BCUT2D eigenvalue weighted by Gasteiger charge is -2.52. The third-order valence-corrected chi connectivity index (χ3v) is 4.77. The first-order valence-corrected chi connectivity index (χ1v) is 5.74. The highest BCUT2D eigenvalue weighted by atomic mass is 14.5. The molecule has 0 nitrogen and oxygen atoms in total. The molecule has 0 saturated heterocycles. The van der Waals surface area contributed by atoms with Gasteiger partial charge in [0.2, 0.25) is 0 Å². The molecule has 12 heavy (non-hydrogen) atoms. The van der Waals surface area contributed by atoms with Gasteiger partial charge in [-0.3, -0.25) is 0 Å². The Morgan fingerprint density at radius 1 is 1.08 bits per heavy atom. The summed E-state index contributed by atoms with van der Waals surface area (Å²) in [6.45, 7) is 7.24. The van der Waals surface area contributed by atoms with E-state index < -0.39 is 0 Å². The van der Waals surface area contributed by atoms with E-state index >= 15 is 0 Å². The van der Waals surface area contributed by atoms with E-state index in [2.05, 4.69) is 20.8 Å². The van der Waals surface area contributed by atoms with E-state index in [-0.39, 0.29) is 0 Å². The molecule has 2 saturated carbocycles. The van der Waals surface area contributed by atoms with Crippen LogP contribution in [-0.2, 0) is 0 Å². The van der Waals surface area contributed by atoms with Crippen LogP contribution in [0.15, 0.2) is 0 Å². The van der Waals surface area contributed by atoms with Crippen LogP contribution in [0.5, 0.6) is 0 Å². The van der Waals surface area contributed by atoms with Crippen LogP contribution in [0.25, 0.3) is 0 Å². The summed E-state index contributed by atoms with van der Waals surface area (Å²) < 4.78 is 0. The van der Waals surface area contributed by atoms with Crippen LogP contribution in [0, 0.1) is 29.6 Å². The lowest BCUT2D eigenvalue weighted by molar-refractivity contribution is -0.0270. The molecule has 0 heterocycles. The molecule has 2 aliphatic carbocycles. The van der Waals surface area contributed by atoms with E-state index in [1.807, 2.05) is 0 Å². The van der Waals surface area contributed by atoms with E-state index in [1.165, 1.54) is 19.3 Å². The SMILES string of the molecule is CCC1CCC1C1CC(C)C1C. The third kappa shape index (κ3) is 1.11. The molecule has 0 spiro atoms. The van der Waals surface area contributed by atoms with Crippen molar-refractivity contribution in [3.8, 4) is 0 Å². The smallest absolute Gasteiger partial charge is 0.0352 e. The molecule has 0 aromatic heterocycles. The maximum absolute atomic E-state index is 2.46. The average molecular weight is 166 g/mol. The standard InChI is InChI=1S/C12H22/c1-4-10-5-6-11(10)12-7-8(2)9(12)3/h8-12H,4-7H2,1-3H3. The zero-order chi connectivity index (χ0) is 8.72.